The largest absolute Gasteiger partial charge is 0.379 e. The lowest BCUT2D eigenvalue weighted by atomic mass is 10.2. The Labute approximate surface area is 117 Å². The Bertz CT molecular complexity index is 595. The van der Waals surface area contributed by atoms with Gasteiger partial charge in [-0.3, -0.25) is 14.5 Å². The van der Waals surface area contributed by atoms with Crippen LogP contribution in [0.25, 0.3) is 0 Å². The minimum atomic E-state index is 0.0421. The summed E-state index contributed by atoms with van der Waals surface area (Å²) in [6.07, 6.45) is 6.14. The van der Waals surface area contributed by atoms with Crippen LogP contribution in [0.15, 0.2) is 36.8 Å². The van der Waals surface area contributed by atoms with Gasteiger partial charge in [0.1, 0.15) is 5.69 Å². The number of hydrogen-bond acceptors (Lipinski definition) is 4. The van der Waals surface area contributed by atoms with Crippen molar-refractivity contribution in [3.8, 4) is 0 Å². The fraction of sp³-hybridized carbons (Fsp3) is 0.357. The topological polar surface area (TPSA) is 63.1 Å². The molecule has 1 aliphatic heterocycles. The van der Waals surface area contributed by atoms with Crippen molar-refractivity contribution in [2.75, 3.05) is 18.4 Å². The van der Waals surface area contributed by atoms with Crippen LogP contribution in [0.2, 0.25) is 0 Å². The number of carbonyl (C=O) groups excluding carboxylic acids is 1. The standard InChI is InChI=1S/C14H17N5O/c1-18-13(4-7-16-18)14(20)19-8-5-12(10-19)17-11-3-2-6-15-9-11/h2-4,6-7,9,12,17H,5,8,10H2,1H3/t12-/m1/s1. The van der Waals surface area contributed by atoms with E-state index in [-0.39, 0.29) is 11.9 Å². The van der Waals surface area contributed by atoms with Crippen LogP contribution in [0.1, 0.15) is 16.9 Å². The number of rotatable bonds is 3. The molecule has 0 spiro atoms. The van der Waals surface area contributed by atoms with E-state index in [1.807, 2.05) is 17.0 Å². The Morgan fingerprint density at radius 1 is 1.40 bits per heavy atom. The van der Waals surface area contributed by atoms with E-state index < -0.39 is 0 Å². The van der Waals surface area contributed by atoms with Gasteiger partial charge in [-0.05, 0) is 24.6 Å². The zero-order valence-electron chi connectivity index (χ0n) is 11.4. The monoisotopic (exact) mass is 271 g/mol. The first kappa shape index (κ1) is 12.7. The van der Waals surface area contributed by atoms with Gasteiger partial charge in [0, 0.05) is 44.8 Å². The number of pyridine rings is 1. The molecule has 0 aromatic carbocycles. The molecule has 0 aliphatic carbocycles. The first-order valence-electron chi connectivity index (χ1n) is 6.68. The highest BCUT2D eigenvalue weighted by molar-refractivity contribution is 5.92. The molecule has 3 heterocycles. The molecule has 1 atom stereocenters. The van der Waals surface area contributed by atoms with E-state index >= 15 is 0 Å². The zero-order chi connectivity index (χ0) is 13.9. The van der Waals surface area contributed by atoms with Crippen LogP contribution in [0.5, 0.6) is 0 Å². The molecule has 104 valence electrons. The summed E-state index contributed by atoms with van der Waals surface area (Å²) in [6.45, 7) is 1.47. The lowest BCUT2D eigenvalue weighted by Crippen LogP contribution is -2.32. The first-order chi connectivity index (χ1) is 9.74. The fourth-order valence-corrected chi connectivity index (χ4v) is 2.49. The number of nitrogens with zero attached hydrogens (tertiary/aromatic N) is 4. The molecule has 0 unspecified atom stereocenters. The van der Waals surface area contributed by atoms with Crippen molar-refractivity contribution >= 4 is 11.6 Å². The molecule has 1 amide bonds. The second-order valence-corrected chi connectivity index (χ2v) is 4.96. The van der Waals surface area contributed by atoms with E-state index in [0.29, 0.717) is 12.2 Å². The fourth-order valence-electron chi connectivity index (χ4n) is 2.49. The normalized spacial score (nSPS) is 18.2. The second kappa shape index (κ2) is 5.32. The van der Waals surface area contributed by atoms with Crippen molar-refractivity contribution in [1.29, 1.82) is 0 Å². The summed E-state index contributed by atoms with van der Waals surface area (Å²) in [7, 11) is 1.79. The summed E-state index contributed by atoms with van der Waals surface area (Å²) in [5.41, 5.74) is 1.62. The molecule has 0 bridgehead atoms. The molecule has 6 nitrogen and oxygen atoms in total. The van der Waals surface area contributed by atoms with Crippen LogP contribution in [0, 0.1) is 0 Å². The van der Waals surface area contributed by atoms with E-state index in [0.717, 1.165) is 18.7 Å². The van der Waals surface area contributed by atoms with Crippen molar-refractivity contribution in [2.24, 2.45) is 7.05 Å². The molecule has 0 radical (unpaired) electrons. The summed E-state index contributed by atoms with van der Waals surface area (Å²) in [6, 6.07) is 5.91. The van der Waals surface area contributed by atoms with Gasteiger partial charge >= 0.3 is 0 Å². The Morgan fingerprint density at radius 3 is 3.00 bits per heavy atom. The van der Waals surface area contributed by atoms with E-state index in [2.05, 4.69) is 15.4 Å². The average molecular weight is 271 g/mol. The average Bonchev–Trinajstić information content (AvgIpc) is 3.08. The number of aryl methyl sites for hydroxylation is 1. The summed E-state index contributed by atoms with van der Waals surface area (Å²) >= 11 is 0. The lowest BCUT2D eigenvalue weighted by molar-refractivity contribution is 0.0780. The maximum atomic E-state index is 12.4. The number of likely N-dealkylation sites (tertiary alicyclic amines) is 1. The van der Waals surface area contributed by atoms with Crippen molar-refractivity contribution in [3.05, 3.63) is 42.5 Å². The lowest BCUT2D eigenvalue weighted by Gasteiger charge is -2.17. The Balaban J connectivity index is 1.62. The SMILES string of the molecule is Cn1nccc1C(=O)N1CC[C@@H](Nc2cccnc2)C1. The summed E-state index contributed by atoms with van der Waals surface area (Å²) in [4.78, 5) is 18.3. The van der Waals surface area contributed by atoms with Crippen LogP contribution < -0.4 is 5.32 Å². The van der Waals surface area contributed by atoms with Gasteiger partial charge in [0.2, 0.25) is 0 Å². The highest BCUT2D eigenvalue weighted by Gasteiger charge is 2.28. The Kier molecular flexibility index (Phi) is 3.37. The minimum absolute atomic E-state index is 0.0421. The van der Waals surface area contributed by atoms with Crippen molar-refractivity contribution in [3.63, 3.8) is 0 Å². The molecular weight excluding hydrogens is 254 g/mol. The summed E-state index contributed by atoms with van der Waals surface area (Å²) < 4.78 is 1.62. The van der Waals surface area contributed by atoms with Crippen molar-refractivity contribution in [1.82, 2.24) is 19.7 Å². The third kappa shape index (κ3) is 2.49. The molecule has 20 heavy (non-hydrogen) atoms. The van der Waals surface area contributed by atoms with Gasteiger partial charge in [0.25, 0.3) is 5.91 Å². The smallest absolute Gasteiger partial charge is 0.272 e. The number of hydrogen-bond donors (Lipinski definition) is 1. The van der Waals surface area contributed by atoms with E-state index in [1.54, 1.807) is 36.4 Å². The van der Waals surface area contributed by atoms with Crippen LogP contribution >= 0.6 is 0 Å². The number of aromatic nitrogens is 3. The molecular formula is C14H17N5O. The molecule has 1 aliphatic rings. The third-order valence-electron chi connectivity index (χ3n) is 3.55. The van der Waals surface area contributed by atoms with Gasteiger partial charge in [-0.1, -0.05) is 0 Å². The number of nitrogens with one attached hydrogen (secondary N) is 1. The number of carbonyl (C=O) groups is 1. The van der Waals surface area contributed by atoms with E-state index in [9.17, 15) is 4.79 Å². The Morgan fingerprint density at radius 2 is 2.30 bits per heavy atom. The van der Waals surface area contributed by atoms with Crippen LogP contribution in [-0.2, 0) is 7.05 Å². The van der Waals surface area contributed by atoms with Crippen LogP contribution in [-0.4, -0.2) is 44.7 Å². The van der Waals surface area contributed by atoms with Crippen LogP contribution in [0.3, 0.4) is 0 Å². The van der Waals surface area contributed by atoms with Crippen molar-refractivity contribution in [2.45, 2.75) is 12.5 Å². The molecule has 0 saturated carbocycles. The second-order valence-electron chi connectivity index (χ2n) is 4.96. The molecule has 1 N–H and O–H groups in total. The molecule has 1 saturated heterocycles. The maximum Gasteiger partial charge on any atom is 0.272 e. The van der Waals surface area contributed by atoms with Crippen LogP contribution in [0.4, 0.5) is 5.69 Å². The van der Waals surface area contributed by atoms with Gasteiger partial charge in [-0.15, -0.1) is 0 Å². The maximum absolute atomic E-state index is 12.4. The highest BCUT2D eigenvalue weighted by Crippen LogP contribution is 2.17. The molecule has 6 heteroatoms. The predicted octanol–water partition coefficient (Wildman–Crippen LogP) is 1.14. The molecule has 1 fully saturated rings. The molecule has 2 aromatic rings. The Hall–Kier alpha value is -2.37. The first-order valence-corrected chi connectivity index (χ1v) is 6.68. The zero-order valence-corrected chi connectivity index (χ0v) is 11.4. The summed E-state index contributed by atoms with van der Waals surface area (Å²) in [5.74, 6) is 0.0421. The van der Waals surface area contributed by atoms with Gasteiger partial charge in [-0.25, -0.2) is 0 Å². The van der Waals surface area contributed by atoms with Gasteiger partial charge < -0.3 is 10.2 Å². The van der Waals surface area contributed by atoms with Gasteiger partial charge in [0.15, 0.2) is 0 Å². The summed E-state index contributed by atoms with van der Waals surface area (Å²) in [5, 5.41) is 7.45. The highest BCUT2D eigenvalue weighted by atomic mass is 16.2. The number of amides is 1. The predicted molar refractivity (Wildman–Crippen MR) is 75.4 cm³/mol. The quantitative estimate of drug-likeness (QED) is 0.909. The molecule has 2 aromatic heterocycles. The number of anilines is 1. The molecule has 3 rings (SSSR count). The van der Waals surface area contributed by atoms with Gasteiger partial charge in [0.05, 0.1) is 5.69 Å². The van der Waals surface area contributed by atoms with Crippen molar-refractivity contribution < 1.29 is 4.79 Å². The van der Waals surface area contributed by atoms with Gasteiger partial charge in [-0.2, -0.15) is 5.10 Å². The van der Waals surface area contributed by atoms with E-state index in [1.165, 1.54) is 0 Å². The minimum Gasteiger partial charge on any atom is -0.379 e. The third-order valence-corrected chi connectivity index (χ3v) is 3.55. The van der Waals surface area contributed by atoms with E-state index in [4.69, 9.17) is 0 Å².